The second kappa shape index (κ2) is 7.32. The third-order valence-corrected chi connectivity index (χ3v) is 5.11. The van der Waals surface area contributed by atoms with Gasteiger partial charge in [0.1, 0.15) is 0 Å². The van der Waals surface area contributed by atoms with Crippen LogP contribution in [0.1, 0.15) is 22.5 Å². The van der Waals surface area contributed by atoms with Crippen molar-refractivity contribution in [3.63, 3.8) is 0 Å². The van der Waals surface area contributed by atoms with Crippen LogP contribution in [-0.2, 0) is 5.75 Å². The summed E-state index contributed by atoms with van der Waals surface area (Å²) in [5.41, 5.74) is 5.28. The Kier molecular flexibility index (Phi) is 4.72. The van der Waals surface area contributed by atoms with Crippen molar-refractivity contribution in [2.45, 2.75) is 31.7 Å². The molecule has 7 nitrogen and oxygen atoms in total. The SMILES string of the molecule is Cc1ccccc1-c1nnc(SCc2nnnn2-c2c(C)cccc2C)o1. The standard InChI is InChI=1S/C19H18N6OS/c1-12-7-4-5-10-15(12)18-21-22-19(26-18)27-11-16-20-23-24-25(16)17-13(2)8-6-9-14(17)3/h4-10H,11H2,1-3H3. The van der Waals surface area contributed by atoms with Crippen molar-refractivity contribution < 1.29 is 4.42 Å². The zero-order valence-electron chi connectivity index (χ0n) is 15.2. The number of thioether (sulfide) groups is 1. The summed E-state index contributed by atoms with van der Waals surface area (Å²) < 4.78 is 7.58. The lowest BCUT2D eigenvalue weighted by molar-refractivity contribution is 0.465. The lowest BCUT2D eigenvalue weighted by atomic mass is 10.1. The van der Waals surface area contributed by atoms with E-state index < -0.39 is 0 Å². The van der Waals surface area contributed by atoms with E-state index in [-0.39, 0.29) is 0 Å². The highest BCUT2D eigenvalue weighted by Gasteiger charge is 2.16. The minimum absolute atomic E-state index is 0.490. The average molecular weight is 378 g/mol. The van der Waals surface area contributed by atoms with Gasteiger partial charge in [-0.1, -0.05) is 48.2 Å². The van der Waals surface area contributed by atoms with Crippen molar-refractivity contribution in [3.05, 3.63) is 65.0 Å². The fourth-order valence-corrected chi connectivity index (χ4v) is 3.59. The first-order valence-electron chi connectivity index (χ1n) is 8.49. The van der Waals surface area contributed by atoms with E-state index in [0.29, 0.717) is 16.9 Å². The van der Waals surface area contributed by atoms with Crippen molar-refractivity contribution in [1.29, 1.82) is 0 Å². The molecule has 0 saturated carbocycles. The van der Waals surface area contributed by atoms with Gasteiger partial charge in [-0.05, 0) is 54.0 Å². The monoisotopic (exact) mass is 378 g/mol. The lowest BCUT2D eigenvalue weighted by Crippen LogP contribution is -2.06. The molecule has 0 atom stereocenters. The van der Waals surface area contributed by atoms with Crippen LogP contribution in [0.5, 0.6) is 0 Å². The predicted octanol–water partition coefficient (Wildman–Crippen LogP) is 3.93. The van der Waals surface area contributed by atoms with Gasteiger partial charge in [-0.25, -0.2) is 0 Å². The fraction of sp³-hybridized carbons (Fsp3) is 0.211. The van der Waals surface area contributed by atoms with Gasteiger partial charge < -0.3 is 4.42 Å². The highest BCUT2D eigenvalue weighted by Crippen LogP contribution is 2.28. The second-order valence-electron chi connectivity index (χ2n) is 6.22. The number of aromatic nitrogens is 6. The number of aryl methyl sites for hydroxylation is 3. The van der Waals surface area contributed by atoms with Crippen LogP contribution < -0.4 is 0 Å². The van der Waals surface area contributed by atoms with Crippen molar-refractivity contribution in [2.75, 3.05) is 0 Å². The summed E-state index contributed by atoms with van der Waals surface area (Å²) in [6.07, 6.45) is 0. The second-order valence-corrected chi connectivity index (χ2v) is 7.15. The van der Waals surface area contributed by atoms with Gasteiger partial charge in [0.15, 0.2) is 5.82 Å². The molecular formula is C19H18N6OS. The Balaban J connectivity index is 1.55. The van der Waals surface area contributed by atoms with Crippen molar-refractivity contribution in [1.82, 2.24) is 30.4 Å². The van der Waals surface area contributed by atoms with E-state index in [9.17, 15) is 0 Å². The van der Waals surface area contributed by atoms with Crippen LogP contribution in [0, 0.1) is 20.8 Å². The first-order valence-corrected chi connectivity index (χ1v) is 9.48. The third kappa shape index (κ3) is 3.48. The minimum Gasteiger partial charge on any atom is -0.411 e. The van der Waals surface area contributed by atoms with Gasteiger partial charge in [0, 0.05) is 5.56 Å². The Labute approximate surface area is 160 Å². The molecule has 27 heavy (non-hydrogen) atoms. The van der Waals surface area contributed by atoms with E-state index in [0.717, 1.165) is 33.8 Å². The summed E-state index contributed by atoms with van der Waals surface area (Å²) in [5.74, 6) is 1.77. The molecule has 2 aromatic carbocycles. The largest absolute Gasteiger partial charge is 0.411 e. The Hall–Kier alpha value is -3.00. The van der Waals surface area contributed by atoms with E-state index >= 15 is 0 Å². The maximum atomic E-state index is 5.80. The molecule has 0 N–H and O–H groups in total. The van der Waals surface area contributed by atoms with Crippen LogP contribution in [0.2, 0.25) is 0 Å². The first-order chi connectivity index (χ1) is 13.1. The molecule has 0 spiro atoms. The summed E-state index contributed by atoms with van der Waals surface area (Å²) >= 11 is 1.42. The van der Waals surface area contributed by atoms with E-state index in [4.69, 9.17) is 4.42 Å². The molecule has 4 aromatic rings. The Morgan fingerprint density at radius 2 is 1.63 bits per heavy atom. The quantitative estimate of drug-likeness (QED) is 0.487. The van der Waals surface area contributed by atoms with Gasteiger partial charge in [0.25, 0.3) is 5.22 Å². The highest BCUT2D eigenvalue weighted by atomic mass is 32.2. The number of para-hydroxylation sites is 1. The molecule has 2 heterocycles. The number of rotatable bonds is 5. The number of nitrogens with zero attached hydrogens (tertiary/aromatic N) is 6. The topological polar surface area (TPSA) is 82.5 Å². The Morgan fingerprint density at radius 3 is 2.41 bits per heavy atom. The molecule has 136 valence electrons. The zero-order chi connectivity index (χ0) is 18.8. The van der Waals surface area contributed by atoms with Crippen molar-refractivity contribution in [2.24, 2.45) is 0 Å². The summed E-state index contributed by atoms with van der Waals surface area (Å²) in [4.78, 5) is 0. The molecule has 8 heteroatoms. The summed E-state index contributed by atoms with van der Waals surface area (Å²) in [5, 5.41) is 21.0. The fourth-order valence-electron chi connectivity index (χ4n) is 2.93. The third-order valence-electron chi connectivity index (χ3n) is 4.29. The van der Waals surface area contributed by atoms with E-state index in [2.05, 4.69) is 25.7 Å². The van der Waals surface area contributed by atoms with Crippen molar-refractivity contribution >= 4 is 11.8 Å². The molecule has 0 bridgehead atoms. The van der Waals surface area contributed by atoms with Crippen LogP contribution in [0.3, 0.4) is 0 Å². The molecule has 0 aliphatic rings. The van der Waals surface area contributed by atoms with E-state index in [1.165, 1.54) is 11.8 Å². The Morgan fingerprint density at radius 1 is 0.889 bits per heavy atom. The van der Waals surface area contributed by atoms with Gasteiger partial charge in [-0.15, -0.1) is 15.3 Å². The zero-order valence-corrected chi connectivity index (χ0v) is 16.1. The van der Waals surface area contributed by atoms with Crippen LogP contribution in [-0.4, -0.2) is 30.4 Å². The number of hydrogen-bond donors (Lipinski definition) is 0. The van der Waals surface area contributed by atoms with E-state index in [1.54, 1.807) is 4.68 Å². The number of benzene rings is 2. The maximum absolute atomic E-state index is 5.80. The predicted molar refractivity (Wildman–Crippen MR) is 103 cm³/mol. The van der Waals surface area contributed by atoms with Crippen LogP contribution in [0.4, 0.5) is 0 Å². The van der Waals surface area contributed by atoms with Crippen molar-refractivity contribution in [3.8, 4) is 17.1 Å². The number of hydrogen-bond acceptors (Lipinski definition) is 7. The smallest absolute Gasteiger partial charge is 0.277 e. The van der Waals surface area contributed by atoms with Crippen LogP contribution in [0.25, 0.3) is 17.1 Å². The molecule has 0 saturated heterocycles. The first kappa shape index (κ1) is 17.4. The molecular weight excluding hydrogens is 360 g/mol. The van der Waals surface area contributed by atoms with Gasteiger partial charge >= 0.3 is 0 Å². The molecule has 0 radical (unpaired) electrons. The normalized spacial score (nSPS) is 11.1. The van der Waals surface area contributed by atoms with Crippen LogP contribution >= 0.6 is 11.8 Å². The van der Waals surface area contributed by atoms with Gasteiger partial charge in [0.2, 0.25) is 5.89 Å². The summed E-state index contributed by atoms with van der Waals surface area (Å²) in [6, 6.07) is 14.1. The molecule has 4 rings (SSSR count). The summed E-state index contributed by atoms with van der Waals surface area (Å²) in [7, 11) is 0. The van der Waals surface area contributed by atoms with E-state index in [1.807, 2.05) is 63.2 Å². The highest BCUT2D eigenvalue weighted by molar-refractivity contribution is 7.98. The molecule has 0 fully saturated rings. The van der Waals surface area contributed by atoms with Gasteiger partial charge in [0.05, 0.1) is 11.4 Å². The average Bonchev–Trinajstić information content (AvgIpc) is 3.30. The summed E-state index contributed by atoms with van der Waals surface area (Å²) in [6.45, 7) is 6.12. The lowest BCUT2D eigenvalue weighted by Gasteiger charge is -2.10. The van der Waals surface area contributed by atoms with Gasteiger partial charge in [-0.2, -0.15) is 4.68 Å². The molecule has 2 aromatic heterocycles. The number of tetrazole rings is 1. The maximum Gasteiger partial charge on any atom is 0.277 e. The Bertz CT molecular complexity index is 1070. The molecule has 0 amide bonds. The van der Waals surface area contributed by atoms with Crippen LogP contribution in [0.15, 0.2) is 52.1 Å². The minimum atomic E-state index is 0.490. The molecule has 0 aliphatic carbocycles. The van der Waals surface area contributed by atoms with Gasteiger partial charge in [-0.3, -0.25) is 0 Å². The molecule has 0 aliphatic heterocycles. The molecule has 0 unspecified atom stereocenters.